The molecule has 0 aliphatic rings. The minimum Gasteiger partial charge on any atom is -0.358 e. The summed E-state index contributed by atoms with van der Waals surface area (Å²) in [5.74, 6) is -0.876. The van der Waals surface area contributed by atoms with Crippen molar-refractivity contribution in [3.63, 3.8) is 0 Å². The number of rotatable bonds is 4. The lowest BCUT2D eigenvalue weighted by atomic mass is 10.1. The van der Waals surface area contributed by atoms with E-state index < -0.39 is 5.82 Å². The molecule has 1 aromatic heterocycles. The summed E-state index contributed by atoms with van der Waals surface area (Å²) in [7, 11) is 0. The molecular weight excluding hydrogens is 279 g/mol. The number of halogens is 1. The number of hydrogen-bond acceptors (Lipinski definition) is 1. The lowest BCUT2D eigenvalue weighted by Crippen LogP contribution is -2.26. The number of carbonyl (C=O) groups is 1. The molecule has 2 aromatic carbocycles. The molecule has 0 aliphatic carbocycles. The van der Waals surface area contributed by atoms with Gasteiger partial charge in [-0.3, -0.25) is 4.79 Å². The lowest BCUT2D eigenvalue weighted by molar-refractivity contribution is 0.0950. The van der Waals surface area contributed by atoms with E-state index in [1.165, 1.54) is 23.1 Å². The molecular formula is C18H17FN2O. The van der Waals surface area contributed by atoms with E-state index in [1.807, 2.05) is 25.1 Å². The maximum absolute atomic E-state index is 13.5. The highest BCUT2D eigenvalue weighted by Gasteiger charge is 2.11. The van der Waals surface area contributed by atoms with Crippen LogP contribution in [0.15, 0.2) is 48.5 Å². The molecule has 3 nitrogen and oxygen atoms in total. The molecule has 3 rings (SSSR count). The van der Waals surface area contributed by atoms with Gasteiger partial charge in [-0.2, -0.15) is 0 Å². The number of aromatic nitrogens is 1. The summed E-state index contributed by atoms with van der Waals surface area (Å²) >= 11 is 0. The second-order valence-corrected chi connectivity index (χ2v) is 5.26. The second-order valence-electron chi connectivity index (χ2n) is 5.26. The van der Waals surface area contributed by atoms with Gasteiger partial charge in [-0.25, -0.2) is 4.39 Å². The number of H-pyrrole nitrogens is 1. The molecule has 0 unspecified atom stereocenters. The highest BCUT2D eigenvalue weighted by atomic mass is 19.1. The van der Waals surface area contributed by atoms with Crippen LogP contribution in [0.2, 0.25) is 0 Å². The van der Waals surface area contributed by atoms with Crippen molar-refractivity contribution in [2.24, 2.45) is 0 Å². The topological polar surface area (TPSA) is 44.9 Å². The Morgan fingerprint density at radius 2 is 1.86 bits per heavy atom. The predicted octanol–water partition coefficient (Wildman–Crippen LogP) is 3.59. The van der Waals surface area contributed by atoms with Gasteiger partial charge in [0.05, 0.1) is 5.56 Å². The van der Waals surface area contributed by atoms with Crippen molar-refractivity contribution in [1.29, 1.82) is 0 Å². The molecule has 22 heavy (non-hydrogen) atoms. The Bertz CT molecular complexity index is 823. The van der Waals surface area contributed by atoms with Crippen molar-refractivity contribution < 1.29 is 9.18 Å². The molecule has 1 heterocycles. The SMILES string of the molecule is Cc1[nH]c2ccccc2c1CCNC(=O)c1ccccc1F. The van der Waals surface area contributed by atoms with Crippen LogP contribution in [0.3, 0.4) is 0 Å². The Morgan fingerprint density at radius 3 is 2.68 bits per heavy atom. The maximum atomic E-state index is 13.5. The Morgan fingerprint density at radius 1 is 1.14 bits per heavy atom. The van der Waals surface area contributed by atoms with E-state index in [0.717, 1.165) is 11.2 Å². The van der Waals surface area contributed by atoms with Gasteiger partial charge in [-0.1, -0.05) is 30.3 Å². The number of carbonyl (C=O) groups excluding carboxylic acids is 1. The first kappa shape index (κ1) is 14.3. The average molecular weight is 296 g/mol. The predicted molar refractivity (Wildman–Crippen MR) is 85.5 cm³/mol. The smallest absolute Gasteiger partial charge is 0.254 e. The summed E-state index contributed by atoms with van der Waals surface area (Å²) in [6.45, 7) is 2.49. The summed E-state index contributed by atoms with van der Waals surface area (Å²) in [5.41, 5.74) is 3.46. The van der Waals surface area contributed by atoms with Crippen molar-refractivity contribution in [2.45, 2.75) is 13.3 Å². The van der Waals surface area contributed by atoms with E-state index in [4.69, 9.17) is 0 Å². The molecule has 0 radical (unpaired) electrons. The number of fused-ring (bicyclic) bond motifs is 1. The van der Waals surface area contributed by atoms with E-state index in [1.54, 1.807) is 12.1 Å². The molecule has 0 fully saturated rings. The van der Waals surface area contributed by atoms with Crippen molar-refractivity contribution >= 4 is 16.8 Å². The molecule has 0 atom stereocenters. The Hall–Kier alpha value is -2.62. The van der Waals surface area contributed by atoms with Gasteiger partial charge in [0.25, 0.3) is 5.91 Å². The van der Waals surface area contributed by atoms with Crippen LogP contribution in [0.1, 0.15) is 21.6 Å². The number of hydrogen-bond donors (Lipinski definition) is 2. The van der Waals surface area contributed by atoms with Gasteiger partial charge in [-0.05, 0) is 37.1 Å². The van der Waals surface area contributed by atoms with Crippen LogP contribution in [0.4, 0.5) is 4.39 Å². The van der Waals surface area contributed by atoms with E-state index >= 15 is 0 Å². The monoisotopic (exact) mass is 296 g/mol. The number of aromatic amines is 1. The molecule has 112 valence electrons. The van der Waals surface area contributed by atoms with E-state index in [-0.39, 0.29) is 11.5 Å². The van der Waals surface area contributed by atoms with Crippen LogP contribution in [0.5, 0.6) is 0 Å². The fraction of sp³-hybridized carbons (Fsp3) is 0.167. The zero-order valence-electron chi connectivity index (χ0n) is 12.3. The minimum atomic E-state index is -0.497. The van der Waals surface area contributed by atoms with Crippen LogP contribution in [0, 0.1) is 12.7 Å². The summed E-state index contributed by atoms with van der Waals surface area (Å²) in [4.78, 5) is 15.3. The maximum Gasteiger partial charge on any atom is 0.254 e. The fourth-order valence-electron chi connectivity index (χ4n) is 2.70. The number of aryl methyl sites for hydroxylation is 1. The number of para-hydroxylation sites is 1. The quantitative estimate of drug-likeness (QED) is 0.759. The first-order valence-electron chi connectivity index (χ1n) is 7.25. The summed E-state index contributed by atoms with van der Waals surface area (Å²) in [5, 5.41) is 3.94. The largest absolute Gasteiger partial charge is 0.358 e. The Labute approximate surface area is 128 Å². The van der Waals surface area contributed by atoms with Gasteiger partial charge in [0.2, 0.25) is 0 Å². The first-order valence-corrected chi connectivity index (χ1v) is 7.25. The van der Waals surface area contributed by atoms with Crippen molar-refractivity contribution in [3.8, 4) is 0 Å². The van der Waals surface area contributed by atoms with Gasteiger partial charge >= 0.3 is 0 Å². The lowest BCUT2D eigenvalue weighted by Gasteiger charge is -2.06. The summed E-state index contributed by atoms with van der Waals surface area (Å²) in [6.07, 6.45) is 0.704. The van der Waals surface area contributed by atoms with Crippen LogP contribution in [-0.2, 0) is 6.42 Å². The molecule has 0 aliphatic heterocycles. The molecule has 0 bridgehead atoms. The Balaban J connectivity index is 1.69. The van der Waals surface area contributed by atoms with Crippen LogP contribution >= 0.6 is 0 Å². The normalized spacial score (nSPS) is 10.8. The van der Waals surface area contributed by atoms with Gasteiger partial charge in [0, 0.05) is 23.1 Å². The summed E-state index contributed by atoms with van der Waals surface area (Å²) in [6, 6.07) is 14.1. The standard InChI is InChI=1S/C18H17FN2O/c1-12-13(14-6-3-5-9-17(14)21-12)10-11-20-18(22)15-7-2-4-8-16(15)19/h2-9,21H,10-11H2,1H3,(H,20,22). The second kappa shape index (κ2) is 6.02. The fourth-order valence-corrected chi connectivity index (χ4v) is 2.70. The van der Waals surface area contributed by atoms with Crippen molar-refractivity contribution in [1.82, 2.24) is 10.3 Å². The van der Waals surface area contributed by atoms with Crippen LogP contribution < -0.4 is 5.32 Å². The number of nitrogens with one attached hydrogen (secondary N) is 2. The van der Waals surface area contributed by atoms with Crippen LogP contribution in [-0.4, -0.2) is 17.4 Å². The third-order valence-corrected chi connectivity index (χ3v) is 3.81. The van der Waals surface area contributed by atoms with Gasteiger partial charge in [0.1, 0.15) is 5.82 Å². The Kier molecular flexibility index (Phi) is 3.92. The average Bonchev–Trinajstić information content (AvgIpc) is 2.83. The van der Waals surface area contributed by atoms with E-state index in [2.05, 4.69) is 16.4 Å². The van der Waals surface area contributed by atoms with E-state index in [0.29, 0.717) is 13.0 Å². The van der Waals surface area contributed by atoms with Gasteiger partial charge in [0.15, 0.2) is 0 Å². The van der Waals surface area contributed by atoms with Crippen molar-refractivity contribution in [3.05, 3.63) is 71.2 Å². The minimum absolute atomic E-state index is 0.0816. The highest BCUT2D eigenvalue weighted by Crippen LogP contribution is 2.21. The molecule has 0 spiro atoms. The number of amides is 1. The third kappa shape index (κ3) is 2.72. The molecule has 2 N–H and O–H groups in total. The number of benzene rings is 2. The van der Waals surface area contributed by atoms with Gasteiger partial charge in [-0.15, -0.1) is 0 Å². The molecule has 0 saturated heterocycles. The van der Waals surface area contributed by atoms with Gasteiger partial charge < -0.3 is 10.3 Å². The first-order chi connectivity index (χ1) is 10.7. The zero-order chi connectivity index (χ0) is 15.5. The summed E-state index contributed by atoms with van der Waals surface area (Å²) < 4.78 is 13.5. The van der Waals surface area contributed by atoms with E-state index in [9.17, 15) is 9.18 Å². The molecule has 0 saturated carbocycles. The molecule has 4 heteroatoms. The zero-order valence-corrected chi connectivity index (χ0v) is 12.3. The van der Waals surface area contributed by atoms with Crippen LogP contribution in [0.25, 0.3) is 10.9 Å². The highest BCUT2D eigenvalue weighted by molar-refractivity contribution is 5.94. The third-order valence-electron chi connectivity index (χ3n) is 3.81. The van der Waals surface area contributed by atoms with Crippen molar-refractivity contribution in [2.75, 3.05) is 6.54 Å². The molecule has 3 aromatic rings. The molecule has 1 amide bonds.